The topological polar surface area (TPSA) is 103 Å². The number of aryl methyl sites for hydroxylation is 1. The van der Waals surface area contributed by atoms with Gasteiger partial charge >= 0.3 is 6.01 Å². The minimum Gasteiger partial charge on any atom is -0.370 e. The van der Waals surface area contributed by atoms with Crippen molar-refractivity contribution >= 4 is 11.9 Å². The van der Waals surface area contributed by atoms with Gasteiger partial charge in [-0.05, 0) is 6.92 Å². The van der Waals surface area contributed by atoms with Crippen molar-refractivity contribution in [1.82, 2.24) is 10.1 Å². The summed E-state index contributed by atoms with van der Waals surface area (Å²) in [7, 11) is 0. The van der Waals surface area contributed by atoms with E-state index in [1.54, 1.807) is 6.92 Å². The van der Waals surface area contributed by atoms with Crippen LogP contribution in [0.25, 0.3) is 0 Å². The first-order chi connectivity index (χ1) is 6.68. The number of carbonyl (C=O) groups is 1. The number of anilines is 1. The number of aromatic nitrogens is 2. The Morgan fingerprint density at radius 2 is 2.50 bits per heavy atom. The zero-order valence-corrected chi connectivity index (χ0v) is 7.82. The van der Waals surface area contributed by atoms with Crippen LogP contribution in [0.2, 0.25) is 0 Å². The maximum Gasteiger partial charge on any atom is 0.321 e. The Morgan fingerprint density at radius 3 is 3.07 bits per heavy atom. The molecule has 7 nitrogen and oxygen atoms in total. The average Bonchev–Trinajstić information content (AvgIpc) is 2.50. The quantitative estimate of drug-likeness (QED) is 0.588. The maximum atomic E-state index is 10.3. The molecule has 0 radical (unpaired) electrons. The predicted octanol–water partition coefficient (Wildman–Crippen LogP) is -0.708. The Kier molecular flexibility index (Phi) is 3.86. The second kappa shape index (κ2) is 5.18. The van der Waals surface area contributed by atoms with Crippen LogP contribution in [0.3, 0.4) is 0 Å². The van der Waals surface area contributed by atoms with Crippen molar-refractivity contribution in [2.24, 2.45) is 5.73 Å². The monoisotopic (exact) mass is 200 g/mol. The molecular weight excluding hydrogens is 188 g/mol. The SMILES string of the molecule is Cc1noc(NCCOCC(N)=O)n1. The van der Waals surface area contributed by atoms with Gasteiger partial charge in [-0.15, -0.1) is 0 Å². The van der Waals surface area contributed by atoms with Crippen LogP contribution >= 0.6 is 0 Å². The molecule has 0 unspecified atom stereocenters. The van der Waals surface area contributed by atoms with E-state index < -0.39 is 5.91 Å². The van der Waals surface area contributed by atoms with E-state index in [0.717, 1.165) is 0 Å². The lowest BCUT2D eigenvalue weighted by Gasteiger charge is -2.00. The zero-order valence-electron chi connectivity index (χ0n) is 7.82. The molecule has 0 saturated heterocycles. The summed E-state index contributed by atoms with van der Waals surface area (Å²) in [5.41, 5.74) is 4.86. The molecule has 1 heterocycles. The van der Waals surface area contributed by atoms with Gasteiger partial charge in [-0.1, -0.05) is 5.16 Å². The number of nitrogens with zero attached hydrogens (tertiary/aromatic N) is 2. The summed E-state index contributed by atoms with van der Waals surface area (Å²) in [6, 6.07) is 0.338. The molecule has 1 aromatic rings. The average molecular weight is 200 g/mol. The van der Waals surface area contributed by atoms with Crippen LogP contribution < -0.4 is 11.1 Å². The standard InChI is InChI=1S/C7H12N4O3/c1-5-10-7(14-11-5)9-2-3-13-4-6(8)12/h2-4H2,1H3,(H2,8,12)(H,9,10,11). The molecule has 0 fully saturated rings. The van der Waals surface area contributed by atoms with Crippen LogP contribution in [-0.2, 0) is 9.53 Å². The maximum absolute atomic E-state index is 10.3. The van der Waals surface area contributed by atoms with Crippen molar-refractivity contribution in [3.63, 3.8) is 0 Å². The molecule has 0 aromatic carbocycles. The summed E-state index contributed by atoms with van der Waals surface area (Å²) < 4.78 is 9.67. The molecule has 0 spiro atoms. The number of carbonyl (C=O) groups excluding carboxylic acids is 1. The molecule has 0 atom stereocenters. The largest absolute Gasteiger partial charge is 0.370 e. The third-order valence-electron chi connectivity index (χ3n) is 1.29. The highest BCUT2D eigenvalue weighted by Gasteiger charge is 2.00. The Balaban J connectivity index is 2.07. The van der Waals surface area contributed by atoms with Crippen LogP contribution in [0.4, 0.5) is 6.01 Å². The molecular formula is C7H12N4O3. The van der Waals surface area contributed by atoms with Gasteiger partial charge in [0.25, 0.3) is 0 Å². The van der Waals surface area contributed by atoms with Crippen LogP contribution in [-0.4, -0.2) is 35.8 Å². The number of rotatable bonds is 6. The first-order valence-corrected chi connectivity index (χ1v) is 4.08. The molecule has 7 heteroatoms. The van der Waals surface area contributed by atoms with Crippen molar-refractivity contribution in [2.75, 3.05) is 25.1 Å². The fourth-order valence-electron chi connectivity index (χ4n) is 0.772. The van der Waals surface area contributed by atoms with Crippen molar-refractivity contribution in [3.8, 4) is 0 Å². The molecule has 0 aliphatic heterocycles. The Morgan fingerprint density at radius 1 is 1.71 bits per heavy atom. The van der Waals surface area contributed by atoms with Gasteiger partial charge in [0.15, 0.2) is 5.82 Å². The van der Waals surface area contributed by atoms with Crippen molar-refractivity contribution in [2.45, 2.75) is 6.92 Å². The van der Waals surface area contributed by atoms with Gasteiger partial charge in [0.2, 0.25) is 5.91 Å². The highest BCUT2D eigenvalue weighted by molar-refractivity contribution is 5.74. The summed E-state index contributed by atoms with van der Waals surface area (Å²) >= 11 is 0. The van der Waals surface area contributed by atoms with Crippen LogP contribution in [0.1, 0.15) is 5.82 Å². The minimum atomic E-state index is -0.487. The van der Waals surface area contributed by atoms with Gasteiger partial charge in [0.05, 0.1) is 6.61 Å². The lowest BCUT2D eigenvalue weighted by Crippen LogP contribution is -2.20. The zero-order chi connectivity index (χ0) is 10.4. The Bertz CT molecular complexity index is 299. The van der Waals surface area contributed by atoms with Gasteiger partial charge < -0.3 is 20.3 Å². The lowest BCUT2D eigenvalue weighted by atomic mass is 10.6. The molecule has 0 aliphatic rings. The summed E-state index contributed by atoms with van der Waals surface area (Å²) in [6.45, 7) is 2.47. The highest BCUT2D eigenvalue weighted by Crippen LogP contribution is 2.00. The lowest BCUT2D eigenvalue weighted by molar-refractivity contribution is -0.122. The number of ether oxygens (including phenoxy) is 1. The molecule has 14 heavy (non-hydrogen) atoms. The molecule has 1 rings (SSSR count). The van der Waals surface area contributed by atoms with Gasteiger partial charge in [0, 0.05) is 6.54 Å². The smallest absolute Gasteiger partial charge is 0.321 e. The molecule has 0 aliphatic carbocycles. The van der Waals surface area contributed by atoms with Gasteiger partial charge in [-0.2, -0.15) is 4.98 Å². The predicted molar refractivity (Wildman–Crippen MR) is 47.5 cm³/mol. The first-order valence-electron chi connectivity index (χ1n) is 4.08. The molecule has 0 bridgehead atoms. The van der Waals surface area contributed by atoms with E-state index in [4.69, 9.17) is 15.0 Å². The summed E-state index contributed by atoms with van der Waals surface area (Å²) in [5, 5.41) is 6.40. The fourth-order valence-corrected chi connectivity index (χ4v) is 0.772. The van der Waals surface area contributed by atoms with Gasteiger partial charge in [0.1, 0.15) is 6.61 Å². The molecule has 1 aromatic heterocycles. The second-order valence-corrected chi connectivity index (χ2v) is 2.59. The number of hydrogen-bond acceptors (Lipinski definition) is 6. The third-order valence-corrected chi connectivity index (χ3v) is 1.29. The Hall–Kier alpha value is -1.63. The van der Waals surface area contributed by atoms with Crippen molar-refractivity contribution in [3.05, 3.63) is 5.82 Å². The van der Waals surface area contributed by atoms with Crippen LogP contribution in [0.15, 0.2) is 4.52 Å². The van der Waals surface area contributed by atoms with Crippen LogP contribution in [0, 0.1) is 6.92 Å². The van der Waals surface area contributed by atoms with E-state index in [2.05, 4.69) is 15.5 Å². The highest BCUT2D eigenvalue weighted by atomic mass is 16.5. The van der Waals surface area contributed by atoms with Crippen molar-refractivity contribution < 1.29 is 14.1 Å². The number of amides is 1. The van der Waals surface area contributed by atoms with E-state index in [1.165, 1.54) is 0 Å². The summed E-state index contributed by atoms with van der Waals surface area (Å²) in [4.78, 5) is 14.2. The second-order valence-electron chi connectivity index (χ2n) is 2.59. The number of nitrogens with one attached hydrogen (secondary N) is 1. The van der Waals surface area contributed by atoms with Gasteiger partial charge in [-0.3, -0.25) is 4.79 Å². The summed E-state index contributed by atoms with van der Waals surface area (Å²) in [6.07, 6.45) is 0. The fraction of sp³-hybridized carbons (Fsp3) is 0.571. The van der Waals surface area contributed by atoms with E-state index >= 15 is 0 Å². The van der Waals surface area contributed by atoms with Gasteiger partial charge in [-0.25, -0.2) is 0 Å². The number of primary amides is 1. The van der Waals surface area contributed by atoms with E-state index in [0.29, 0.717) is 25.0 Å². The minimum absolute atomic E-state index is 0.0788. The first kappa shape index (κ1) is 10.5. The van der Waals surface area contributed by atoms with Crippen LogP contribution in [0.5, 0.6) is 0 Å². The molecule has 3 N–H and O–H groups in total. The Labute approximate surface area is 80.6 Å². The molecule has 0 saturated carbocycles. The van der Waals surface area contributed by atoms with E-state index in [9.17, 15) is 4.79 Å². The number of nitrogens with two attached hydrogens (primary N) is 1. The molecule has 78 valence electrons. The number of hydrogen-bond donors (Lipinski definition) is 2. The normalized spacial score (nSPS) is 10.1. The van der Waals surface area contributed by atoms with E-state index in [1.807, 2.05) is 0 Å². The van der Waals surface area contributed by atoms with E-state index in [-0.39, 0.29) is 6.61 Å². The molecule has 1 amide bonds. The van der Waals surface area contributed by atoms with Crippen molar-refractivity contribution in [1.29, 1.82) is 0 Å². The summed E-state index contributed by atoms with van der Waals surface area (Å²) in [5.74, 6) is 0.0733. The third kappa shape index (κ3) is 3.85.